The monoisotopic (exact) mass is 358 g/mol. The van der Waals surface area contributed by atoms with Gasteiger partial charge >= 0.3 is 0 Å². The smallest absolute Gasteiger partial charge is 0.183 e. The molecule has 0 amide bonds. The van der Waals surface area contributed by atoms with E-state index in [1.54, 1.807) is 18.3 Å². The molecule has 0 fully saturated rings. The molecular weight excluding hydrogens is 343 g/mol. The Morgan fingerprint density at radius 2 is 2.08 bits per heavy atom. The second-order valence-corrected chi connectivity index (χ2v) is 6.00. The van der Waals surface area contributed by atoms with E-state index in [2.05, 4.69) is 15.3 Å². The molecule has 0 saturated heterocycles. The van der Waals surface area contributed by atoms with Crippen molar-refractivity contribution in [1.82, 2.24) is 9.97 Å². The third-order valence-corrected chi connectivity index (χ3v) is 3.88. The Balaban J connectivity index is 1.74. The zero-order chi connectivity index (χ0) is 17.8. The first kappa shape index (κ1) is 17.1. The third kappa shape index (κ3) is 4.42. The molecule has 0 unspecified atom stereocenters. The number of nitrogens with one attached hydrogen (secondary N) is 1. The number of pyridine rings is 1. The third-order valence-electron chi connectivity index (χ3n) is 3.59. The van der Waals surface area contributed by atoms with Crippen molar-refractivity contribution < 1.29 is 9.12 Å². The first-order valence-electron chi connectivity index (χ1n) is 7.74. The lowest BCUT2D eigenvalue weighted by Crippen LogP contribution is -2.25. The molecule has 0 spiro atoms. The quantitative estimate of drug-likeness (QED) is 0.559. The first-order chi connectivity index (χ1) is 12.0. The van der Waals surface area contributed by atoms with E-state index in [0.717, 1.165) is 16.0 Å². The van der Waals surface area contributed by atoms with E-state index in [4.69, 9.17) is 11.6 Å². The van der Waals surface area contributed by atoms with Crippen LogP contribution < -0.4 is 10.0 Å². The van der Waals surface area contributed by atoms with Crippen LogP contribution in [0.5, 0.6) is 0 Å². The number of rotatable bonds is 5. The van der Waals surface area contributed by atoms with E-state index in [1.807, 2.05) is 19.1 Å². The van der Waals surface area contributed by atoms with E-state index in [9.17, 15) is 9.60 Å². The fourth-order valence-corrected chi connectivity index (χ4v) is 2.59. The summed E-state index contributed by atoms with van der Waals surface area (Å²) in [6.07, 6.45) is 3.67. The standard InChI is InChI=1S/C18H16ClFN4O/c1-12-9-17(21-7-6-13-3-2-8-24(25)11-13)23-18(22-12)14-4-5-16(20)15(19)10-14/h2-5,8-11H,6-7H2,1H3,(H,21,22,23). The van der Waals surface area contributed by atoms with E-state index >= 15 is 0 Å². The molecule has 0 aliphatic heterocycles. The summed E-state index contributed by atoms with van der Waals surface area (Å²) in [4.78, 5) is 8.83. The van der Waals surface area contributed by atoms with Crippen LogP contribution in [0.15, 0.2) is 48.8 Å². The second-order valence-electron chi connectivity index (χ2n) is 5.60. The lowest BCUT2D eigenvalue weighted by atomic mass is 10.2. The van der Waals surface area contributed by atoms with Gasteiger partial charge in [-0.2, -0.15) is 4.73 Å². The van der Waals surface area contributed by atoms with Crippen LogP contribution in [0.25, 0.3) is 11.4 Å². The van der Waals surface area contributed by atoms with Gasteiger partial charge in [-0.1, -0.05) is 11.6 Å². The first-order valence-corrected chi connectivity index (χ1v) is 8.12. The maximum Gasteiger partial charge on any atom is 0.183 e. The fourth-order valence-electron chi connectivity index (χ4n) is 2.41. The average Bonchev–Trinajstić information content (AvgIpc) is 2.57. The van der Waals surface area contributed by atoms with Crippen LogP contribution in [0.3, 0.4) is 0 Å². The molecule has 0 aliphatic carbocycles. The average molecular weight is 359 g/mol. The highest BCUT2D eigenvalue weighted by atomic mass is 35.5. The fraction of sp³-hybridized carbons (Fsp3) is 0.167. The second kappa shape index (κ2) is 7.44. The van der Waals surface area contributed by atoms with Crippen LogP contribution >= 0.6 is 11.6 Å². The molecule has 1 N–H and O–H groups in total. The number of aromatic nitrogens is 3. The van der Waals surface area contributed by atoms with E-state index < -0.39 is 5.82 Å². The Bertz CT molecular complexity index is 904. The Kier molecular flexibility index (Phi) is 5.09. The number of nitrogens with zero attached hydrogens (tertiary/aromatic N) is 3. The summed E-state index contributed by atoms with van der Waals surface area (Å²) in [6, 6.07) is 9.83. The van der Waals surface area contributed by atoms with Gasteiger partial charge in [0.1, 0.15) is 11.6 Å². The van der Waals surface area contributed by atoms with Crippen LogP contribution in [0, 0.1) is 17.9 Å². The largest absolute Gasteiger partial charge is 0.619 e. The molecule has 25 heavy (non-hydrogen) atoms. The van der Waals surface area contributed by atoms with E-state index in [-0.39, 0.29) is 5.02 Å². The highest BCUT2D eigenvalue weighted by Crippen LogP contribution is 2.23. The number of anilines is 1. The lowest BCUT2D eigenvalue weighted by molar-refractivity contribution is -0.605. The maximum absolute atomic E-state index is 13.3. The predicted octanol–water partition coefficient (Wildman–Crippen LogP) is 3.53. The topological polar surface area (TPSA) is 64.8 Å². The molecule has 2 heterocycles. The molecule has 0 aliphatic rings. The Morgan fingerprint density at radius 3 is 2.84 bits per heavy atom. The van der Waals surface area contributed by atoms with Crippen molar-refractivity contribution in [3.8, 4) is 11.4 Å². The molecule has 5 nitrogen and oxygen atoms in total. The lowest BCUT2D eigenvalue weighted by Gasteiger charge is -2.09. The van der Waals surface area contributed by atoms with E-state index in [0.29, 0.717) is 30.2 Å². The minimum Gasteiger partial charge on any atom is -0.619 e. The Labute approximate surface area is 149 Å². The van der Waals surface area contributed by atoms with Crippen molar-refractivity contribution >= 4 is 17.4 Å². The highest BCUT2D eigenvalue weighted by molar-refractivity contribution is 6.31. The van der Waals surface area contributed by atoms with Crippen molar-refractivity contribution in [2.24, 2.45) is 0 Å². The summed E-state index contributed by atoms with van der Waals surface area (Å²) in [5.74, 6) is 0.658. The van der Waals surface area contributed by atoms with Crippen molar-refractivity contribution in [3.63, 3.8) is 0 Å². The van der Waals surface area contributed by atoms with Crippen LogP contribution in [0.2, 0.25) is 5.02 Å². The van der Waals surface area contributed by atoms with E-state index in [1.165, 1.54) is 18.3 Å². The molecule has 1 aromatic carbocycles. The van der Waals surface area contributed by atoms with Crippen molar-refractivity contribution in [2.45, 2.75) is 13.3 Å². The summed E-state index contributed by atoms with van der Waals surface area (Å²) >= 11 is 5.83. The predicted molar refractivity (Wildman–Crippen MR) is 94.8 cm³/mol. The minimum atomic E-state index is -0.477. The molecule has 0 atom stereocenters. The molecule has 2 aromatic heterocycles. The van der Waals surface area contributed by atoms with Gasteiger partial charge in [0, 0.05) is 35.5 Å². The number of halogens is 2. The van der Waals surface area contributed by atoms with Crippen LogP contribution in [-0.4, -0.2) is 16.5 Å². The summed E-state index contributed by atoms with van der Waals surface area (Å²) in [7, 11) is 0. The van der Waals surface area contributed by atoms with Crippen LogP contribution in [-0.2, 0) is 6.42 Å². The highest BCUT2D eigenvalue weighted by Gasteiger charge is 2.08. The van der Waals surface area contributed by atoms with Gasteiger partial charge in [0.25, 0.3) is 0 Å². The molecule has 0 radical (unpaired) electrons. The van der Waals surface area contributed by atoms with Crippen molar-refractivity contribution in [1.29, 1.82) is 0 Å². The molecule has 7 heteroatoms. The van der Waals surface area contributed by atoms with Crippen LogP contribution in [0.1, 0.15) is 11.3 Å². The van der Waals surface area contributed by atoms with Gasteiger partial charge in [-0.25, -0.2) is 14.4 Å². The van der Waals surface area contributed by atoms with Gasteiger partial charge in [-0.3, -0.25) is 0 Å². The number of aryl methyl sites for hydroxylation is 1. The van der Waals surface area contributed by atoms with Gasteiger partial charge < -0.3 is 10.5 Å². The summed E-state index contributed by atoms with van der Waals surface area (Å²) in [6.45, 7) is 2.48. The summed E-state index contributed by atoms with van der Waals surface area (Å²) < 4.78 is 14.1. The van der Waals surface area contributed by atoms with Gasteiger partial charge in [-0.05, 0) is 37.6 Å². The SMILES string of the molecule is Cc1cc(NCCc2ccc[n+]([O-])c2)nc(-c2ccc(F)c(Cl)c2)n1. The van der Waals surface area contributed by atoms with Gasteiger partial charge in [0.05, 0.1) is 5.02 Å². The van der Waals surface area contributed by atoms with Crippen molar-refractivity contribution in [2.75, 3.05) is 11.9 Å². The Morgan fingerprint density at radius 1 is 1.24 bits per heavy atom. The number of hydrogen-bond acceptors (Lipinski definition) is 4. The Hall–Kier alpha value is -2.73. The summed E-state index contributed by atoms with van der Waals surface area (Å²) in [5, 5.41) is 14.5. The number of benzene rings is 1. The zero-order valence-corrected chi connectivity index (χ0v) is 14.3. The molecule has 3 rings (SSSR count). The zero-order valence-electron chi connectivity index (χ0n) is 13.5. The molecule has 0 saturated carbocycles. The van der Waals surface area contributed by atoms with Crippen molar-refractivity contribution in [3.05, 3.63) is 76.1 Å². The molecule has 3 aromatic rings. The normalized spacial score (nSPS) is 10.7. The van der Waals surface area contributed by atoms with Crippen LogP contribution in [0.4, 0.5) is 10.2 Å². The number of hydrogen-bond donors (Lipinski definition) is 1. The summed E-state index contributed by atoms with van der Waals surface area (Å²) in [5.41, 5.74) is 2.36. The maximum atomic E-state index is 13.3. The van der Waals surface area contributed by atoms with Gasteiger partial charge in [-0.15, -0.1) is 0 Å². The van der Waals surface area contributed by atoms with Gasteiger partial charge in [0.15, 0.2) is 18.2 Å². The molecule has 128 valence electrons. The molecule has 0 bridgehead atoms. The van der Waals surface area contributed by atoms with Gasteiger partial charge in [0.2, 0.25) is 0 Å². The minimum absolute atomic E-state index is 0.0344. The molecular formula is C18H16ClFN4O.